The van der Waals surface area contributed by atoms with E-state index in [0.717, 1.165) is 5.56 Å². The van der Waals surface area contributed by atoms with E-state index >= 15 is 0 Å². The molecule has 2 aromatic carbocycles. The Bertz CT molecular complexity index is 907. The summed E-state index contributed by atoms with van der Waals surface area (Å²) in [6, 6.07) is 10.9. The zero-order valence-electron chi connectivity index (χ0n) is 11.4. The van der Waals surface area contributed by atoms with Gasteiger partial charge in [0.1, 0.15) is 5.82 Å². The van der Waals surface area contributed by atoms with E-state index in [-0.39, 0.29) is 17.4 Å². The fourth-order valence-corrected chi connectivity index (χ4v) is 2.04. The number of benzene rings is 2. The van der Waals surface area contributed by atoms with Crippen molar-refractivity contribution in [3.8, 4) is 0 Å². The van der Waals surface area contributed by atoms with E-state index in [4.69, 9.17) is 0 Å². The van der Waals surface area contributed by atoms with Gasteiger partial charge < -0.3 is 15.3 Å². The van der Waals surface area contributed by atoms with Crippen molar-refractivity contribution in [2.75, 3.05) is 5.32 Å². The molecule has 0 aliphatic heterocycles. The average molecular weight is 297 g/mol. The van der Waals surface area contributed by atoms with Gasteiger partial charge in [0, 0.05) is 11.8 Å². The number of aromatic nitrogens is 2. The number of hydrogen-bond donors (Lipinski definition) is 3. The van der Waals surface area contributed by atoms with Gasteiger partial charge in [-0.1, -0.05) is 12.1 Å². The predicted octanol–water partition coefficient (Wildman–Crippen LogP) is 2.65. The maximum atomic E-state index is 12.8. The molecule has 1 amide bonds. The first kappa shape index (κ1) is 13.8. The molecule has 3 N–H and O–H groups in total. The monoisotopic (exact) mass is 297 g/mol. The fraction of sp³-hybridized carbons (Fsp3) is 0. The van der Waals surface area contributed by atoms with Crippen LogP contribution in [0.4, 0.5) is 10.1 Å². The standard InChI is InChI=1S/C16H12FN3O2/c17-11-4-1-10(2-5-11)3-8-15(21)18-12-6-7-13-14(9-12)20-16(22)19-13/h1-9H,(H,18,21)(H2,19,20,22)/b8-3+. The first-order valence-electron chi connectivity index (χ1n) is 6.57. The lowest BCUT2D eigenvalue weighted by Crippen LogP contribution is -2.07. The van der Waals surface area contributed by atoms with Gasteiger partial charge in [0.15, 0.2) is 0 Å². The molecule has 0 saturated carbocycles. The molecule has 1 heterocycles. The molecule has 0 fully saturated rings. The molecular weight excluding hydrogens is 285 g/mol. The van der Waals surface area contributed by atoms with Crippen molar-refractivity contribution in [3.63, 3.8) is 0 Å². The van der Waals surface area contributed by atoms with Gasteiger partial charge in [-0.05, 0) is 42.0 Å². The molecule has 22 heavy (non-hydrogen) atoms. The minimum absolute atomic E-state index is 0.297. The minimum atomic E-state index is -0.324. The Morgan fingerprint density at radius 3 is 2.55 bits per heavy atom. The molecular formula is C16H12FN3O2. The first-order valence-corrected chi connectivity index (χ1v) is 6.57. The summed E-state index contributed by atoms with van der Waals surface area (Å²) in [6.45, 7) is 0. The number of carbonyl (C=O) groups is 1. The number of imidazole rings is 1. The maximum absolute atomic E-state index is 12.8. The predicted molar refractivity (Wildman–Crippen MR) is 83.0 cm³/mol. The van der Waals surface area contributed by atoms with Crippen molar-refractivity contribution >= 4 is 28.7 Å². The van der Waals surface area contributed by atoms with Gasteiger partial charge >= 0.3 is 5.69 Å². The molecule has 0 unspecified atom stereocenters. The van der Waals surface area contributed by atoms with Gasteiger partial charge in [0.2, 0.25) is 5.91 Å². The zero-order valence-corrected chi connectivity index (χ0v) is 11.4. The molecule has 1 aromatic heterocycles. The van der Waals surface area contributed by atoms with Gasteiger partial charge in [-0.2, -0.15) is 0 Å². The van der Waals surface area contributed by atoms with Crippen molar-refractivity contribution in [3.05, 3.63) is 70.4 Å². The highest BCUT2D eigenvalue weighted by Crippen LogP contribution is 2.14. The van der Waals surface area contributed by atoms with Crippen molar-refractivity contribution in [2.24, 2.45) is 0 Å². The van der Waals surface area contributed by atoms with Crippen molar-refractivity contribution in [1.82, 2.24) is 9.97 Å². The number of anilines is 1. The lowest BCUT2D eigenvalue weighted by Gasteiger charge is -2.01. The summed E-state index contributed by atoms with van der Waals surface area (Å²) in [4.78, 5) is 28.3. The van der Waals surface area contributed by atoms with E-state index in [1.165, 1.54) is 18.2 Å². The number of hydrogen-bond acceptors (Lipinski definition) is 2. The summed E-state index contributed by atoms with van der Waals surface area (Å²) in [6.07, 6.45) is 2.95. The van der Waals surface area contributed by atoms with Crippen molar-refractivity contribution in [1.29, 1.82) is 0 Å². The number of aromatic amines is 2. The van der Waals surface area contributed by atoms with Crippen LogP contribution in [0.25, 0.3) is 17.1 Å². The van der Waals surface area contributed by atoms with Crippen LogP contribution in [0.1, 0.15) is 5.56 Å². The third-order valence-electron chi connectivity index (χ3n) is 3.08. The van der Waals surface area contributed by atoms with Gasteiger partial charge in [0.25, 0.3) is 0 Å². The molecule has 110 valence electrons. The molecule has 0 saturated heterocycles. The first-order chi connectivity index (χ1) is 10.6. The summed E-state index contributed by atoms with van der Waals surface area (Å²) < 4.78 is 12.8. The van der Waals surface area contributed by atoms with E-state index < -0.39 is 0 Å². The number of amides is 1. The molecule has 0 spiro atoms. The van der Waals surface area contributed by atoms with Gasteiger partial charge in [-0.15, -0.1) is 0 Å². The smallest absolute Gasteiger partial charge is 0.322 e. The Balaban J connectivity index is 1.72. The molecule has 5 nitrogen and oxygen atoms in total. The molecule has 0 aliphatic rings. The molecule has 3 rings (SSSR count). The second-order valence-electron chi connectivity index (χ2n) is 4.71. The summed E-state index contributed by atoms with van der Waals surface area (Å²) in [5, 5.41) is 2.69. The Morgan fingerprint density at radius 2 is 1.77 bits per heavy atom. The number of rotatable bonds is 3. The van der Waals surface area contributed by atoms with Gasteiger partial charge in [0.05, 0.1) is 11.0 Å². The lowest BCUT2D eigenvalue weighted by atomic mass is 10.2. The van der Waals surface area contributed by atoms with Crippen LogP contribution in [-0.2, 0) is 4.79 Å². The number of H-pyrrole nitrogens is 2. The molecule has 0 aliphatic carbocycles. The van der Waals surface area contributed by atoms with Crippen LogP contribution in [0.5, 0.6) is 0 Å². The van der Waals surface area contributed by atoms with Crippen LogP contribution in [0, 0.1) is 5.82 Å². The maximum Gasteiger partial charge on any atom is 0.323 e. The molecule has 0 atom stereocenters. The quantitative estimate of drug-likeness (QED) is 0.650. The SMILES string of the molecule is O=C(/C=C/c1ccc(F)cc1)Nc1ccc2[nH]c(=O)[nH]c2c1. The number of fused-ring (bicyclic) bond motifs is 1. The van der Waals surface area contributed by atoms with Crippen LogP contribution in [0.15, 0.2) is 53.3 Å². The van der Waals surface area contributed by atoms with E-state index in [1.807, 2.05) is 0 Å². The second-order valence-corrected chi connectivity index (χ2v) is 4.71. The van der Waals surface area contributed by atoms with Crippen LogP contribution >= 0.6 is 0 Å². The molecule has 0 bridgehead atoms. The number of nitrogens with one attached hydrogen (secondary N) is 3. The Morgan fingerprint density at radius 1 is 1.05 bits per heavy atom. The third-order valence-corrected chi connectivity index (χ3v) is 3.08. The fourth-order valence-electron chi connectivity index (χ4n) is 2.04. The average Bonchev–Trinajstić information content (AvgIpc) is 2.86. The third kappa shape index (κ3) is 3.12. The van der Waals surface area contributed by atoms with E-state index in [9.17, 15) is 14.0 Å². The van der Waals surface area contributed by atoms with E-state index in [2.05, 4.69) is 15.3 Å². The topological polar surface area (TPSA) is 77.8 Å². The number of carbonyl (C=O) groups excluding carboxylic acids is 1. The zero-order chi connectivity index (χ0) is 15.5. The van der Waals surface area contributed by atoms with Crippen molar-refractivity contribution < 1.29 is 9.18 Å². The highest BCUT2D eigenvalue weighted by atomic mass is 19.1. The Kier molecular flexibility index (Phi) is 3.57. The minimum Gasteiger partial charge on any atom is -0.322 e. The van der Waals surface area contributed by atoms with Crippen LogP contribution < -0.4 is 11.0 Å². The molecule has 6 heteroatoms. The highest BCUT2D eigenvalue weighted by molar-refractivity contribution is 6.02. The van der Waals surface area contributed by atoms with Crippen LogP contribution in [0.2, 0.25) is 0 Å². The van der Waals surface area contributed by atoms with Crippen LogP contribution in [-0.4, -0.2) is 15.9 Å². The second kappa shape index (κ2) is 5.69. The van der Waals surface area contributed by atoms with Gasteiger partial charge in [-0.25, -0.2) is 9.18 Å². The summed E-state index contributed by atoms with van der Waals surface area (Å²) >= 11 is 0. The largest absolute Gasteiger partial charge is 0.323 e. The highest BCUT2D eigenvalue weighted by Gasteiger charge is 2.02. The summed E-state index contributed by atoms with van der Waals surface area (Å²) in [7, 11) is 0. The Labute approximate surface area is 124 Å². The number of halogens is 1. The summed E-state index contributed by atoms with van der Waals surface area (Å²) in [5.74, 6) is -0.642. The molecule has 3 aromatic rings. The summed E-state index contributed by atoms with van der Waals surface area (Å²) in [5.41, 5.74) is 2.28. The van der Waals surface area contributed by atoms with Crippen LogP contribution in [0.3, 0.4) is 0 Å². The Hall–Kier alpha value is -3.15. The van der Waals surface area contributed by atoms with Gasteiger partial charge in [-0.3, -0.25) is 4.79 Å². The van der Waals surface area contributed by atoms with E-state index in [0.29, 0.717) is 16.7 Å². The lowest BCUT2D eigenvalue weighted by molar-refractivity contribution is -0.111. The van der Waals surface area contributed by atoms with Crippen molar-refractivity contribution in [2.45, 2.75) is 0 Å². The van der Waals surface area contributed by atoms with E-state index in [1.54, 1.807) is 36.4 Å². The normalized spacial score (nSPS) is 11.1. The molecule has 0 radical (unpaired) electrons.